The van der Waals surface area contributed by atoms with Gasteiger partial charge in [0.2, 0.25) is 0 Å². The molecule has 2 aromatic rings. The van der Waals surface area contributed by atoms with Crippen molar-refractivity contribution in [3.8, 4) is 5.82 Å². The fourth-order valence-corrected chi connectivity index (χ4v) is 1.01. The van der Waals surface area contributed by atoms with Gasteiger partial charge in [-0.15, -0.1) is 5.10 Å². The number of nitrogens with zero attached hydrogens (tertiary/aromatic N) is 4. The second-order valence-corrected chi connectivity index (χ2v) is 2.69. The number of halogens is 1. The Bertz CT molecular complexity index is 422. The SMILES string of the molecule is NCc1ccc(-n2cc(F)cn2)nn1. The molecule has 0 aliphatic carbocycles. The standard InChI is InChI=1S/C8H8FN5/c9-6-4-11-14(5-6)8-2-1-7(3-10)12-13-8/h1-2,4-5H,3,10H2. The normalized spacial score (nSPS) is 10.4. The minimum absolute atomic E-state index is 0.334. The molecule has 5 nitrogen and oxygen atoms in total. The van der Waals surface area contributed by atoms with E-state index >= 15 is 0 Å². The van der Waals surface area contributed by atoms with Crippen LogP contribution in [0.1, 0.15) is 5.69 Å². The van der Waals surface area contributed by atoms with Gasteiger partial charge in [-0.3, -0.25) is 0 Å². The Labute approximate surface area is 79.4 Å². The van der Waals surface area contributed by atoms with Crippen molar-refractivity contribution in [2.75, 3.05) is 0 Å². The molecule has 2 rings (SSSR count). The molecule has 0 atom stereocenters. The molecule has 0 aromatic carbocycles. The predicted octanol–water partition coefficient (Wildman–Crippen LogP) is 0.260. The molecule has 0 amide bonds. The molecular formula is C8H8FN5. The van der Waals surface area contributed by atoms with E-state index in [1.54, 1.807) is 12.1 Å². The lowest BCUT2D eigenvalue weighted by molar-refractivity contribution is 0.626. The van der Waals surface area contributed by atoms with E-state index < -0.39 is 5.82 Å². The first-order chi connectivity index (χ1) is 6.79. The monoisotopic (exact) mass is 193 g/mol. The molecule has 0 fully saturated rings. The summed E-state index contributed by atoms with van der Waals surface area (Å²) in [6.07, 6.45) is 2.34. The van der Waals surface area contributed by atoms with Crippen LogP contribution in [0.4, 0.5) is 4.39 Å². The largest absolute Gasteiger partial charge is 0.325 e. The van der Waals surface area contributed by atoms with Crippen LogP contribution in [-0.2, 0) is 6.54 Å². The minimum atomic E-state index is -0.408. The zero-order valence-corrected chi connectivity index (χ0v) is 7.26. The van der Waals surface area contributed by atoms with Crippen molar-refractivity contribution in [3.63, 3.8) is 0 Å². The van der Waals surface area contributed by atoms with E-state index in [4.69, 9.17) is 5.73 Å². The van der Waals surface area contributed by atoms with E-state index in [1.165, 1.54) is 10.9 Å². The van der Waals surface area contributed by atoms with Gasteiger partial charge in [0.15, 0.2) is 11.6 Å². The van der Waals surface area contributed by atoms with Crippen LogP contribution in [0.5, 0.6) is 0 Å². The van der Waals surface area contributed by atoms with Crippen LogP contribution < -0.4 is 5.73 Å². The third kappa shape index (κ3) is 1.60. The Hall–Kier alpha value is -1.82. The highest BCUT2D eigenvalue weighted by Gasteiger charge is 2.01. The smallest absolute Gasteiger partial charge is 0.175 e. The molecule has 0 aliphatic heterocycles. The first kappa shape index (κ1) is 8.76. The van der Waals surface area contributed by atoms with Gasteiger partial charge in [0.25, 0.3) is 0 Å². The van der Waals surface area contributed by atoms with Gasteiger partial charge in [-0.25, -0.2) is 9.07 Å². The third-order valence-corrected chi connectivity index (χ3v) is 1.70. The van der Waals surface area contributed by atoms with Gasteiger partial charge in [-0.1, -0.05) is 0 Å². The number of nitrogens with two attached hydrogens (primary N) is 1. The molecule has 2 N–H and O–H groups in total. The molecule has 0 bridgehead atoms. The van der Waals surface area contributed by atoms with Crippen LogP contribution >= 0.6 is 0 Å². The van der Waals surface area contributed by atoms with Crippen LogP contribution in [0.3, 0.4) is 0 Å². The zero-order chi connectivity index (χ0) is 9.97. The summed E-state index contributed by atoms with van der Waals surface area (Å²) in [7, 11) is 0. The minimum Gasteiger partial charge on any atom is -0.325 e. The van der Waals surface area contributed by atoms with E-state index in [1.807, 2.05) is 0 Å². The van der Waals surface area contributed by atoms with Gasteiger partial charge in [0, 0.05) is 6.54 Å². The molecule has 72 valence electrons. The van der Waals surface area contributed by atoms with Gasteiger partial charge in [-0.05, 0) is 12.1 Å². The maximum atomic E-state index is 12.6. The first-order valence-corrected chi connectivity index (χ1v) is 4.03. The number of aromatic nitrogens is 4. The lowest BCUT2D eigenvalue weighted by atomic mass is 10.4. The maximum absolute atomic E-state index is 12.6. The van der Waals surface area contributed by atoms with Gasteiger partial charge < -0.3 is 5.73 Å². The third-order valence-electron chi connectivity index (χ3n) is 1.70. The van der Waals surface area contributed by atoms with E-state index in [2.05, 4.69) is 15.3 Å². The lowest BCUT2D eigenvalue weighted by Crippen LogP contribution is -2.04. The van der Waals surface area contributed by atoms with E-state index in [0.717, 1.165) is 6.20 Å². The first-order valence-electron chi connectivity index (χ1n) is 4.03. The second kappa shape index (κ2) is 3.51. The highest BCUT2D eigenvalue weighted by Crippen LogP contribution is 2.03. The Morgan fingerprint density at radius 2 is 2.21 bits per heavy atom. The molecule has 6 heteroatoms. The molecule has 2 heterocycles. The molecule has 0 unspecified atom stereocenters. The second-order valence-electron chi connectivity index (χ2n) is 2.69. The molecule has 0 saturated carbocycles. The molecule has 2 aromatic heterocycles. The van der Waals surface area contributed by atoms with E-state index in [-0.39, 0.29) is 0 Å². The van der Waals surface area contributed by atoms with Gasteiger partial charge >= 0.3 is 0 Å². The van der Waals surface area contributed by atoms with Crippen molar-refractivity contribution in [1.29, 1.82) is 0 Å². The molecule has 0 spiro atoms. The van der Waals surface area contributed by atoms with Crippen LogP contribution in [0.2, 0.25) is 0 Å². The van der Waals surface area contributed by atoms with Crippen LogP contribution in [0, 0.1) is 5.82 Å². The van der Waals surface area contributed by atoms with Crippen molar-refractivity contribution in [1.82, 2.24) is 20.0 Å². The summed E-state index contributed by atoms with van der Waals surface area (Å²) in [4.78, 5) is 0. The van der Waals surface area contributed by atoms with Crippen molar-refractivity contribution in [2.24, 2.45) is 5.73 Å². The van der Waals surface area contributed by atoms with Crippen molar-refractivity contribution >= 4 is 0 Å². The summed E-state index contributed by atoms with van der Waals surface area (Å²) >= 11 is 0. The topological polar surface area (TPSA) is 69.6 Å². The van der Waals surface area contributed by atoms with Gasteiger partial charge in [0.1, 0.15) is 0 Å². The molecule has 0 aliphatic rings. The molecule has 0 saturated heterocycles. The van der Waals surface area contributed by atoms with Crippen LogP contribution in [-0.4, -0.2) is 20.0 Å². The van der Waals surface area contributed by atoms with Crippen LogP contribution in [0.15, 0.2) is 24.5 Å². The van der Waals surface area contributed by atoms with Gasteiger partial charge in [0.05, 0.1) is 18.1 Å². The fraction of sp³-hybridized carbons (Fsp3) is 0.125. The zero-order valence-electron chi connectivity index (χ0n) is 7.26. The predicted molar refractivity (Wildman–Crippen MR) is 47.0 cm³/mol. The summed E-state index contributed by atoms with van der Waals surface area (Å²) in [5.74, 6) is 0.0563. The molecule has 14 heavy (non-hydrogen) atoms. The Morgan fingerprint density at radius 1 is 1.36 bits per heavy atom. The van der Waals surface area contributed by atoms with E-state index in [0.29, 0.717) is 18.1 Å². The summed E-state index contributed by atoms with van der Waals surface area (Å²) in [6, 6.07) is 3.41. The maximum Gasteiger partial charge on any atom is 0.175 e. The number of hydrogen-bond donors (Lipinski definition) is 1. The summed E-state index contributed by atoms with van der Waals surface area (Å²) in [5.41, 5.74) is 6.04. The van der Waals surface area contributed by atoms with E-state index in [9.17, 15) is 4.39 Å². The Morgan fingerprint density at radius 3 is 2.71 bits per heavy atom. The summed E-state index contributed by atoms with van der Waals surface area (Å²) < 4.78 is 13.9. The highest BCUT2D eigenvalue weighted by atomic mass is 19.1. The summed E-state index contributed by atoms with van der Waals surface area (Å²) in [6.45, 7) is 0.334. The van der Waals surface area contributed by atoms with Crippen molar-refractivity contribution in [2.45, 2.75) is 6.54 Å². The van der Waals surface area contributed by atoms with Crippen LogP contribution in [0.25, 0.3) is 5.82 Å². The average Bonchev–Trinajstić information content (AvgIpc) is 2.65. The lowest BCUT2D eigenvalue weighted by Gasteiger charge is -1.98. The average molecular weight is 193 g/mol. The number of rotatable bonds is 2. The van der Waals surface area contributed by atoms with Crippen molar-refractivity contribution < 1.29 is 4.39 Å². The highest BCUT2D eigenvalue weighted by molar-refractivity contribution is 5.20. The Kier molecular flexibility index (Phi) is 2.19. The molecule has 0 radical (unpaired) electrons. The van der Waals surface area contributed by atoms with Crippen molar-refractivity contribution in [3.05, 3.63) is 36.0 Å². The Balaban J connectivity index is 2.33. The number of hydrogen-bond acceptors (Lipinski definition) is 4. The quantitative estimate of drug-likeness (QED) is 0.742. The molecular weight excluding hydrogens is 185 g/mol. The van der Waals surface area contributed by atoms with Gasteiger partial charge in [-0.2, -0.15) is 10.2 Å². The summed E-state index contributed by atoms with van der Waals surface area (Å²) in [5, 5.41) is 11.4. The fourth-order valence-electron chi connectivity index (χ4n) is 1.01.